The maximum atomic E-state index is 13.2. The Kier molecular flexibility index (Phi) is 4.82. The number of nitrogens with zero attached hydrogens (tertiary/aromatic N) is 4. The van der Waals surface area contributed by atoms with E-state index in [2.05, 4.69) is 47.0 Å². The van der Waals surface area contributed by atoms with Crippen molar-refractivity contribution in [2.75, 3.05) is 20.1 Å². The molecule has 0 radical (unpaired) electrons. The summed E-state index contributed by atoms with van der Waals surface area (Å²) in [6, 6.07) is 18.2. The van der Waals surface area contributed by atoms with Crippen LogP contribution in [0.5, 0.6) is 0 Å². The minimum atomic E-state index is -0.725. The van der Waals surface area contributed by atoms with Crippen molar-refractivity contribution in [3.8, 4) is 0 Å². The van der Waals surface area contributed by atoms with Gasteiger partial charge in [-0.15, -0.1) is 0 Å². The van der Waals surface area contributed by atoms with Gasteiger partial charge in [0.25, 0.3) is 5.91 Å². The van der Waals surface area contributed by atoms with E-state index in [1.807, 2.05) is 30.3 Å². The van der Waals surface area contributed by atoms with E-state index in [0.29, 0.717) is 19.4 Å². The summed E-state index contributed by atoms with van der Waals surface area (Å²) in [6.45, 7) is 2.91. The molecule has 2 aromatic carbocycles. The fourth-order valence-electron chi connectivity index (χ4n) is 5.22. The molecule has 6 nitrogen and oxygen atoms in total. The quantitative estimate of drug-likeness (QED) is 0.611. The second-order valence-electron chi connectivity index (χ2n) is 8.81. The zero-order valence-electron chi connectivity index (χ0n) is 18.1. The number of fused-ring (bicyclic) bond motifs is 1. The van der Waals surface area contributed by atoms with E-state index in [9.17, 15) is 9.59 Å². The highest BCUT2D eigenvalue weighted by Crippen LogP contribution is 2.38. The second-order valence-corrected chi connectivity index (χ2v) is 8.81. The number of urea groups is 1. The Labute approximate surface area is 182 Å². The van der Waals surface area contributed by atoms with Gasteiger partial charge in [-0.2, -0.15) is 0 Å². The van der Waals surface area contributed by atoms with Gasteiger partial charge >= 0.3 is 6.03 Å². The number of amides is 3. The number of benzene rings is 2. The van der Waals surface area contributed by atoms with Gasteiger partial charge in [0.05, 0.1) is 0 Å². The van der Waals surface area contributed by atoms with Crippen LogP contribution in [0.4, 0.5) is 4.79 Å². The van der Waals surface area contributed by atoms with Crippen LogP contribution in [0, 0.1) is 0 Å². The predicted molar refractivity (Wildman–Crippen MR) is 120 cm³/mol. The molecular formula is C25H28N4O2. The van der Waals surface area contributed by atoms with E-state index >= 15 is 0 Å². The van der Waals surface area contributed by atoms with Gasteiger partial charge in [-0.25, -0.2) is 4.79 Å². The van der Waals surface area contributed by atoms with Crippen molar-refractivity contribution in [1.29, 1.82) is 0 Å². The third-order valence-electron chi connectivity index (χ3n) is 6.98. The highest BCUT2D eigenvalue weighted by Gasteiger charge is 2.56. The topological polar surface area (TPSA) is 48.8 Å². The van der Waals surface area contributed by atoms with E-state index < -0.39 is 5.54 Å². The van der Waals surface area contributed by atoms with Crippen LogP contribution >= 0.6 is 0 Å². The third kappa shape index (κ3) is 3.22. The van der Waals surface area contributed by atoms with Crippen LogP contribution in [0.25, 0.3) is 10.9 Å². The number of hydrogen-bond donors (Lipinski definition) is 0. The molecule has 0 unspecified atom stereocenters. The normalized spacial score (nSPS) is 19.2. The molecule has 0 atom stereocenters. The number of aryl methyl sites for hydroxylation is 1. The molecule has 160 valence electrons. The summed E-state index contributed by atoms with van der Waals surface area (Å²) in [5, 5.41) is 1.28. The molecule has 6 heteroatoms. The Hall–Kier alpha value is -3.12. The number of carbonyl (C=O) groups is 2. The number of likely N-dealkylation sites (N-methyl/N-ethyl adjacent to an activating group) is 1. The minimum absolute atomic E-state index is 0.0572. The van der Waals surface area contributed by atoms with Crippen molar-refractivity contribution in [2.45, 2.75) is 31.5 Å². The zero-order chi connectivity index (χ0) is 21.6. The summed E-state index contributed by atoms with van der Waals surface area (Å²) >= 11 is 0. The SMILES string of the molecule is CN1C(=O)N(Cc2ccccc2)C2(CCN(Cc3cn(C)c4ccccc34)CC2)C1=O. The molecule has 2 aliphatic heterocycles. The molecule has 3 heterocycles. The Morgan fingerprint density at radius 3 is 2.29 bits per heavy atom. The summed E-state index contributed by atoms with van der Waals surface area (Å²) in [5.41, 5.74) is 2.87. The summed E-state index contributed by atoms with van der Waals surface area (Å²) in [4.78, 5) is 31.6. The largest absolute Gasteiger partial charge is 0.350 e. The third-order valence-corrected chi connectivity index (χ3v) is 6.98. The first-order chi connectivity index (χ1) is 15.0. The number of imide groups is 1. The maximum absolute atomic E-state index is 13.2. The van der Waals surface area contributed by atoms with E-state index in [-0.39, 0.29) is 11.9 Å². The first kappa shape index (κ1) is 19.8. The van der Waals surface area contributed by atoms with Crippen LogP contribution < -0.4 is 0 Å². The molecule has 2 aliphatic rings. The van der Waals surface area contributed by atoms with Crippen molar-refractivity contribution in [3.05, 3.63) is 71.9 Å². The van der Waals surface area contributed by atoms with Gasteiger partial charge in [0.15, 0.2) is 0 Å². The maximum Gasteiger partial charge on any atom is 0.327 e. The van der Waals surface area contributed by atoms with Crippen LogP contribution in [0.1, 0.15) is 24.0 Å². The smallest absolute Gasteiger partial charge is 0.327 e. The molecule has 31 heavy (non-hydrogen) atoms. The lowest BCUT2D eigenvalue weighted by molar-refractivity contribution is -0.135. The molecule has 0 aliphatic carbocycles. The van der Waals surface area contributed by atoms with Crippen LogP contribution in [0.3, 0.4) is 0 Å². The van der Waals surface area contributed by atoms with Crippen molar-refractivity contribution < 1.29 is 9.59 Å². The average Bonchev–Trinajstić information content (AvgIpc) is 3.20. The molecular weight excluding hydrogens is 388 g/mol. The lowest BCUT2D eigenvalue weighted by Crippen LogP contribution is -2.56. The van der Waals surface area contributed by atoms with Gasteiger partial charge in [0.2, 0.25) is 0 Å². The fourth-order valence-corrected chi connectivity index (χ4v) is 5.22. The highest BCUT2D eigenvalue weighted by atomic mass is 16.2. The van der Waals surface area contributed by atoms with Crippen LogP contribution in [-0.4, -0.2) is 56.9 Å². The van der Waals surface area contributed by atoms with Crippen molar-refractivity contribution in [2.24, 2.45) is 7.05 Å². The summed E-state index contributed by atoms with van der Waals surface area (Å²) in [7, 11) is 3.69. The summed E-state index contributed by atoms with van der Waals surface area (Å²) < 4.78 is 2.17. The number of carbonyl (C=O) groups excluding carboxylic acids is 2. The number of para-hydroxylation sites is 1. The van der Waals surface area contributed by atoms with E-state index in [1.54, 1.807) is 11.9 Å². The van der Waals surface area contributed by atoms with Crippen LogP contribution in [-0.2, 0) is 24.9 Å². The number of aromatic nitrogens is 1. The van der Waals surface area contributed by atoms with Gasteiger partial charge in [-0.3, -0.25) is 14.6 Å². The first-order valence-electron chi connectivity index (χ1n) is 10.9. The summed E-state index contributed by atoms with van der Waals surface area (Å²) in [6.07, 6.45) is 3.54. The van der Waals surface area contributed by atoms with Gasteiger partial charge in [-0.05, 0) is 30.0 Å². The Bertz CT molecular complexity index is 1130. The second kappa shape index (κ2) is 7.54. The molecule has 1 spiro atoms. The zero-order valence-corrected chi connectivity index (χ0v) is 18.1. The molecule has 1 aromatic heterocycles. The Morgan fingerprint density at radius 1 is 0.871 bits per heavy atom. The molecule has 2 saturated heterocycles. The molecule has 5 rings (SSSR count). The Morgan fingerprint density at radius 2 is 1.55 bits per heavy atom. The molecule has 0 saturated carbocycles. The number of piperidine rings is 1. The fraction of sp³-hybridized carbons (Fsp3) is 0.360. The molecule has 2 fully saturated rings. The lowest BCUT2D eigenvalue weighted by Gasteiger charge is -2.42. The first-order valence-corrected chi connectivity index (χ1v) is 10.9. The average molecular weight is 417 g/mol. The number of rotatable bonds is 4. The lowest BCUT2D eigenvalue weighted by atomic mass is 9.85. The summed E-state index contributed by atoms with van der Waals surface area (Å²) in [5.74, 6) is -0.0572. The standard InChI is InChI=1S/C25H28N4O2/c1-26-17-20(21-10-6-7-11-22(21)26)18-28-14-12-25(13-15-28)23(30)27(2)24(31)29(25)16-19-8-4-3-5-9-19/h3-11,17H,12-16,18H2,1-2H3. The van der Waals surface area contributed by atoms with Crippen molar-refractivity contribution in [3.63, 3.8) is 0 Å². The minimum Gasteiger partial charge on any atom is -0.350 e. The van der Waals surface area contributed by atoms with Crippen molar-refractivity contribution in [1.82, 2.24) is 19.3 Å². The van der Waals surface area contributed by atoms with Crippen LogP contribution in [0.2, 0.25) is 0 Å². The predicted octanol–water partition coefficient (Wildman–Crippen LogP) is 3.61. The van der Waals surface area contributed by atoms with Crippen LogP contribution in [0.15, 0.2) is 60.8 Å². The van der Waals surface area contributed by atoms with E-state index in [1.165, 1.54) is 21.4 Å². The van der Waals surface area contributed by atoms with Crippen molar-refractivity contribution >= 4 is 22.8 Å². The van der Waals surface area contributed by atoms with Gasteiger partial charge in [0.1, 0.15) is 5.54 Å². The van der Waals surface area contributed by atoms with E-state index in [0.717, 1.165) is 25.2 Å². The number of hydrogen-bond acceptors (Lipinski definition) is 3. The van der Waals surface area contributed by atoms with Gasteiger partial charge < -0.3 is 9.47 Å². The Balaban J connectivity index is 1.35. The molecule has 0 bridgehead atoms. The molecule has 0 N–H and O–H groups in total. The highest BCUT2D eigenvalue weighted by molar-refractivity contribution is 6.06. The van der Waals surface area contributed by atoms with Gasteiger partial charge in [0, 0.05) is 57.4 Å². The van der Waals surface area contributed by atoms with Gasteiger partial charge in [-0.1, -0.05) is 48.5 Å². The monoisotopic (exact) mass is 416 g/mol. The molecule has 3 aromatic rings. The molecule has 3 amide bonds. The number of likely N-dealkylation sites (tertiary alicyclic amines) is 1. The van der Waals surface area contributed by atoms with E-state index in [4.69, 9.17) is 0 Å².